The van der Waals surface area contributed by atoms with Crippen LogP contribution in [0.2, 0.25) is 0 Å². The minimum atomic E-state index is -2.32. The smallest absolute Gasteiger partial charge is 0.251 e. The molecule has 3 N–H and O–H groups in total. The molecule has 0 spiro atoms. The van der Waals surface area contributed by atoms with Gasteiger partial charge in [0, 0.05) is 23.9 Å². The summed E-state index contributed by atoms with van der Waals surface area (Å²) in [4.78, 5) is 14.8. The van der Waals surface area contributed by atoms with Crippen molar-refractivity contribution in [2.75, 3.05) is 17.8 Å². The number of amides is 1. The number of rotatable bonds is 10. The van der Waals surface area contributed by atoms with Gasteiger partial charge in [0.25, 0.3) is 5.91 Å². The van der Waals surface area contributed by atoms with Crippen molar-refractivity contribution < 1.29 is 22.4 Å². The van der Waals surface area contributed by atoms with E-state index in [1.807, 2.05) is 43.3 Å². The first-order valence-corrected chi connectivity index (χ1v) is 13.7. The molecule has 0 radical (unpaired) electrons. The summed E-state index contributed by atoms with van der Waals surface area (Å²) in [6.45, 7) is 3.70. The second-order valence-corrected chi connectivity index (χ2v) is 10.8. The molecule has 0 aliphatic heterocycles. The van der Waals surface area contributed by atoms with Crippen molar-refractivity contribution in [3.05, 3.63) is 113 Å². The van der Waals surface area contributed by atoms with E-state index in [1.165, 1.54) is 17.0 Å². The van der Waals surface area contributed by atoms with Gasteiger partial charge >= 0.3 is 0 Å². The minimum Gasteiger partial charge on any atom is -0.771 e. The van der Waals surface area contributed by atoms with Crippen LogP contribution in [0.15, 0.2) is 89.3 Å². The second kappa shape index (κ2) is 11.9. The summed E-state index contributed by atoms with van der Waals surface area (Å²) >= 11 is -2.32. The number of nitrogens with zero attached hydrogens (tertiary/aromatic N) is 1. The first-order chi connectivity index (χ1) is 18.5. The molecule has 1 amide bonds. The number of hydrogen-bond donors (Lipinski definition) is 2. The van der Waals surface area contributed by atoms with Crippen LogP contribution >= 0.6 is 0 Å². The van der Waals surface area contributed by atoms with Gasteiger partial charge in [-0.15, -0.1) is 0 Å². The van der Waals surface area contributed by atoms with E-state index in [-0.39, 0.29) is 23.6 Å². The van der Waals surface area contributed by atoms with Crippen LogP contribution in [-0.2, 0) is 23.0 Å². The molecule has 0 aliphatic carbocycles. The minimum absolute atomic E-state index is 0.252. The van der Waals surface area contributed by atoms with Gasteiger partial charge in [0.2, 0.25) is 0 Å². The van der Waals surface area contributed by atoms with Crippen LogP contribution in [0.3, 0.4) is 0 Å². The van der Waals surface area contributed by atoms with Crippen LogP contribution in [0.25, 0.3) is 11.3 Å². The highest BCUT2D eigenvalue weighted by Crippen LogP contribution is 2.32. The third kappa shape index (κ3) is 7.20. The molecule has 1 heterocycles. The lowest BCUT2D eigenvalue weighted by molar-refractivity contribution is 0.0940. The lowest BCUT2D eigenvalue weighted by Gasteiger charge is -2.23. The summed E-state index contributed by atoms with van der Waals surface area (Å²) in [5, 5.41) is 2.92. The molecule has 0 saturated heterocycles. The van der Waals surface area contributed by atoms with Gasteiger partial charge in [-0.2, -0.15) is 0 Å². The summed E-state index contributed by atoms with van der Waals surface area (Å²) < 4.78 is 42.2. The van der Waals surface area contributed by atoms with Gasteiger partial charge in [0.15, 0.2) is 0 Å². The molecule has 204 valence electrons. The van der Waals surface area contributed by atoms with E-state index in [2.05, 4.69) is 5.32 Å². The SMILES string of the molecule is C[C@@H](NC(=O)c1cc(-c2ccc(C(C)(N)Cc3ccccc3)o2)cc(N(C)CS(=O)[O-])c1)c1ccc(F)cc1. The molecule has 3 aromatic carbocycles. The Labute approximate surface area is 230 Å². The quantitative estimate of drug-likeness (QED) is 0.261. The van der Waals surface area contributed by atoms with Crippen molar-refractivity contribution in [1.29, 1.82) is 0 Å². The summed E-state index contributed by atoms with van der Waals surface area (Å²) in [6.07, 6.45) is 0.563. The van der Waals surface area contributed by atoms with E-state index < -0.39 is 16.6 Å². The van der Waals surface area contributed by atoms with Gasteiger partial charge in [0.05, 0.1) is 17.5 Å². The molecule has 7 nitrogen and oxygen atoms in total. The largest absolute Gasteiger partial charge is 0.771 e. The van der Waals surface area contributed by atoms with Crippen LogP contribution in [0.4, 0.5) is 10.1 Å². The maximum Gasteiger partial charge on any atom is 0.251 e. The number of nitrogens with one attached hydrogen (secondary N) is 1. The van der Waals surface area contributed by atoms with Gasteiger partial charge in [-0.25, -0.2) is 4.39 Å². The highest BCUT2D eigenvalue weighted by molar-refractivity contribution is 7.79. The lowest BCUT2D eigenvalue weighted by Crippen LogP contribution is -2.35. The first-order valence-electron chi connectivity index (χ1n) is 12.4. The average Bonchev–Trinajstić information content (AvgIpc) is 3.40. The Balaban J connectivity index is 1.64. The Morgan fingerprint density at radius 2 is 1.79 bits per heavy atom. The Bertz CT molecular complexity index is 1450. The van der Waals surface area contributed by atoms with Crippen molar-refractivity contribution >= 4 is 22.7 Å². The zero-order chi connectivity index (χ0) is 28.2. The number of halogens is 1. The van der Waals surface area contributed by atoms with Crippen molar-refractivity contribution in [3.8, 4) is 11.3 Å². The number of furan rings is 1. The fourth-order valence-corrected chi connectivity index (χ4v) is 4.82. The summed E-state index contributed by atoms with van der Waals surface area (Å²) in [7, 11) is 1.63. The zero-order valence-electron chi connectivity index (χ0n) is 22.0. The molecule has 3 atom stereocenters. The van der Waals surface area contributed by atoms with Gasteiger partial charge in [-0.3, -0.25) is 9.00 Å². The van der Waals surface area contributed by atoms with Crippen molar-refractivity contribution in [2.24, 2.45) is 5.73 Å². The second-order valence-electron chi connectivity index (χ2n) is 9.89. The number of benzene rings is 3. The molecule has 39 heavy (non-hydrogen) atoms. The molecule has 2 unspecified atom stereocenters. The molecule has 4 aromatic rings. The molecule has 0 fully saturated rings. The van der Waals surface area contributed by atoms with E-state index >= 15 is 0 Å². The molecule has 9 heteroatoms. The van der Waals surface area contributed by atoms with Gasteiger partial charge < -0.3 is 24.9 Å². The van der Waals surface area contributed by atoms with Gasteiger partial charge in [-0.1, -0.05) is 42.5 Å². The molecule has 0 saturated carbocycles. The first kappa shape index (κ1) is 28.2. The summed E-state index contributed by atoms with van der Waals surface area (Å²) in [5.41, 5.74) is 9.11. The normalized spacial score (nSPS) is 14.3. The van der Waals surface area contributed by atoms with Crippen LogP contribution in [0.1, 0.15) is 47.1 Å². The highest BCUT2D eigenvalue weighted by Gasteiger charge is 2.26. The van der Waals surface area contributed by atoms with E-state index in [0.29, 0.717) is 34.8 Å². The zero-order valence-corrected chi connectivity index (χ0v) is 22.8. The number of hydrogen-bond acceptors (Lipinski definition) is 6. The Morgan fingerprint density at radius 1 is 1.10 bits per heavy atom. The van der Waals surface area contributed by atoms with Gasteiger partial charge in [0.1, 0.15) is 17.3 Å². The maximum atomic E-state index is 13.3. The third-order valence-electron chi connectivity index (χ3n) is 6.50. The number of anilines is 1. The standard InChI is InChI=1S/C30H32FN3O4S/c1-20(22-9-11-25(31)12-10-22)33-29(35)24-15-23(16-26(17-24)34(3)19-39(36)37)27-13-14-28(38-27)30(2,32)18-21-7-5-4-6-8-21/h4-17,20H,18-19,32H2,1-3H3,(H,33,35)(H,36,37)/p-1/t20-,30?/m1/s1. The molecule has 0 aliphatic rings. The predicted molar refractivity (Wildman–Crippen MR) is 150 cm³/mol. The van der Waals surface area contributed by atoms with E-state index in [4.69, 9.17) is 10.2 Å². The van der Waals surface area contributed by atoms with E-state index in [9.17, 15) is 17.9 Å². The fourth-order valence-electron chi connectivity index (χ4n) is 4.36. The Morgan fingerprint density at radius 3 is 2.46 bits per heavy atom. The number of carbonyl (C=O) groups excluding carboxylic acids is 1. The molecular formula is C30H31FN3O4S-. The van der Waals surface area contributed by atoms with Crippen molar-refractivity contribution in [1.82, 2.24) is 5.32 Å². The third-order valence-corrected chi connectivity index (χ3v) is 7.10. The van der Waals surface area contributed by atoms with Gasteiger partial charge in [-0.05, 0) is 84.9 Å². The number of nitrogens with two attached hydrogens (primary N) is 1. The number of carbonyl (C=O) groups is 1. The molecule has 1 aromatic heterocycles. The molecule has 4 rings (SSSR count). The van der Waals surface area contributed by atoms with Crippen LogP contribution in [0.5, 0.6) is 0 Å². The monoisotopic (exact) mass is 548 g/mol. The van der Waals surface area contributed by atoms with Crippen molar-refractivity contribution in [2.45, 2.75) is 31.8 Å². The van der Waals surface area contributed by atoms with Crippen LogP contribution in [-0.4, -0.2) is 27.6 Å². The molecule has 0 bridgehead atoms. The van der Waals surface area contributed by atoms with Crippen molar-refractivity contribution in [3.63, 3.8) is 0 Å². The highest BCUT2D eigenvalue weighted by atomic mass is 32.2. The van der Waals surface area contributed by atoms with Crippen LogP contribution < -0.4 is 16.0 Å². The lowest BCUT2D eigenvalue weighted by atomic mass is 9.91. The van der Waals surface area contributed by atoms with E-state index in [0.717, 1.165) is 11.1 Å². The summed E-state index contributed by atoms with van der Waals surface area (Å²) in [6, 6.07) is 24.1. The Hall–Kier alpha value is -3.79. The topological polar surface area (TPSA) is 112 Å². The maximum absolute atomic E-state index is 13.3. The Kier molecular flexibility index (Phi) is 8.64. The summed E-state index contributed by atoms with van der Waals surface area (Å²) in [5.74, 6) is 0.0953. The molecular weight excluding hydrogens is 517 g/mol. The van der Waals surface area contributed by atoms with E-state index in [1.54, 1.807) is 50.4 Å². The fraction of sp³-hybridized carbons (Fsp3) is 0.233. The predicted octanol–water partition coefficient (Wildman–Crippen LogP) is 5.27. The average molecular weight is 549 g/mol. The van der Waals surface area contributed by atoms with Crippen LogP contribution in [0, 0.1) is 5.82 Å².